The molecule has 0 N–H and O–H groups in total. The van der Waals surface area contributed by atoms with Gasteiger partial charge in [0, 0.05) is 14.0 Å². The minimum atomic E-state index is -0.313. The van der Waals surface area contributed by atoms with Crippen molar-refractivity contribution in [3.63, 3.8) is 0 Å². The van der Waals surface area contributed by atoms with Crippen LogP contribution in [-0.4, -0.2) is 7.11 Å². The van der Waals surface area contributed by atoms with Crippen LogP contribution in [0.5, 0.6) is 5.75 Å². The molecule has 5 heteroatoms. The normalized spacial score (nSPS) is 12.3. The highest BCUT2D eigenvalue weighted by Gasteiger charge is 2.15. The van der Waals surface area contributed by atoms with E-state index in [2.05, 4.69) is 31.9 Å². The molecule has 0 aliphatic rings. The molecule has 0 amide bonds. The number of benzene rings is 2. The second-order valence-electron chi connectivity index (χ2n) is 3.95. The van der Waals surface area contributed by atoms with Crippen LogP contribution in [-0.2, 0) is 0 Å². The first-order valence-corrected chi connectivity index (χ1v) is 7.85. The van der Waals surface area contributed by atoms with E-state index >= 15 is 0 Å². The molecule has 0 aromatic heterocycles. The molecule has 2 rings (SSSR count). The summed E-state index contributed by atoms with van der Waals surface area (Å²) >= 11 is 19.7. The van der Waals surface area contributed by atoms with Gasteiger partial charge in [0.2, 0.25) is 0 Å². The number of alkyl halides is 1. The maximum atomic E-state index is 6.51. The third-order valence-corrected chi connectivity index (χ3v) is 4.39. The standard InChI is InChI=1S/C14H10Br2Cl2O/c1-19-11-2-3-12(13(17)7-11)14(18)8-4-9(15)6-10(16)5-8/h2-7,14H,1H3. The van der Waals surface area contributed by atoms with Crippen molar-refractivity contribution in [2.24, 2.45) is 0 Å². The fourth-order valence-electron chi connectivity index (χ4n) is 1.74. The SMILES string of the molecule is COc1ccc(C(Cl)c2cc(Br)cc(Br)c2)c(Cl)c1. The molecule has 0 aliphatic heterocycles. The first kappa shape index (κ1) is 15.2. The van der Waals surface area contributed by atoms with E-state index in [9.17, 15) is 0 Å². The van der Waals surface area contributed by atoms with Crippen molar-refractivity contribution >= 4 is 55.1 Å². The molecule has 19 heavy (non-hydrogen) atoms. The predicted octanol–water partition coefficient (Wildman–Crippen LogP) is 6.20. The summed E-state index contributed by atoms with van der Waals surface area (Å²) in [6.07, 6.45) is 0. The van der Waals surface area contributed by atoms with E-state index in [4.69, 9.17) is 27.9 Å². The molecule has 2 aromatic carbocycles. The van der Waals surface area contributed by atoms with Crippen molar-refractivity contribution in [1.29, 1.82) is 0 Å². The van der Waals surface area contributed by atoms with Crippen molar-refractivity contribution in [3.05, 3.63) is 61.5 Å². The van der Waals surface area contributed by atoms with Gasteiger partial charge in [-0.2, -0.15) is 0 Å². The lowest BCUT2D eigenvalue weighted by Crippen LogP contribution is -1.95. The molecular weight excluding hydrogens is 415 g/mol. The zero-order valence-corrected chi connectivity index (χ0v) is 14.6. The van der Waals surface area contributed by atoms with Gasteiger partial charge in [-0.15, -0.1) is 11.6 Å². The molecule has 0 fully saturated rings. The first-order chi connectivity index (χ1) is 9.01. The third kappa shape index (κ3) is 3.66. The molecule has 1 unspecified atom stereocenters. The second-order valence-corrected chi connectivity index (χ2v) is 6.63. The minimum absolute atomic E-state index is 0.313. The summed E-state index contributed by atoms with van der Waals surface area (Å²) in [5.74, 6) is 0.716. The Balaban J connectivity index is 2.40. The van der Waals surface area contributed by atoms with Crippen molar-refractivity contribution in [3.8, 4) is 5.75 Å². The van der Waals surface area contributed by atoms with Crippen LogP contribution < -0.4 is 4.74 Å². The zero-order valence-electron chi connectivity index (χ0n) is 9.96. The predicted molar refractivity (Wildman–Crippen MR) is 87.5 cm³/mol. The lowest BCUT2D eigenvalue weighted by atomic mass is 10.0. The fourth-order valence-corrected chi connectivity index (χ4v) is 3.72. The van der Waals surface area contributed by atoms with Gasteiger partial charge in [-0.1, -0.05) is 49.5 Å². The summed E-state index contributed by atoms with van der Waals surface area (Å²) in [5.41, 5.74) is 1.82. The molecule has 1 nitrogen and oxygen atoms in total. The number of halogens is 4. The highest BCUT2D eigenvalue weighted by molar-refractivity contribution is 9.11. The van der Waals surface area contributed by atoms with Gasteiger partial charge in [0.25, 0.3) is 0 Å². The fraction of sp³-hybridized carbons (Fsp3) is 0.143. The lowest BCUT2D eigenvalue weighted by Gasteiger charge is -2.14. The summed E-state index contributed by atoms with van der Waals surface area (Å²) in [5, 5.41) is 0.280. The van der Waals surface area contributed by atoms with E-state index in [0.29, 0.717) is 10.8 Å². The van der Waals surface area contributed by atoms with E-state index in [1.165, 1.54) is 0 Å². The Hall–Kier alpha value is -0.220. The van der Waals surface area contributed by atoms with E-state index in [-0.39, 0.29) is 5.38 Å². The minimum Gasteiger partial charge on any atom is -0.497 e. The Morgan fingerprint density at radius 1 is 1.05 bits per heavy atom. The summed E-state index contributed by atoms with van der Waals surface area (Å²) in [6, 6.07) is 11.4. The van der Waals surface area contributed by atoms with E-state index in [1.807, 2.05) is 30.3 Å². The van der Waals surface area contributed by atoms with Crippen molar-refractivity contribution in [1.82, 2.24) is 0 Å². The van der Waals surface area contributed by atoms with E-state index in [0.717, 1.165) is 20.1 Å². The van der Waals surface area contributed by atoms with Gasteiger partial charge in [0.1, 0.15) is 5.75 Å². The number of methoxy groups -OCH3 is 1. The van der Waals surface area contributed by atoms with Crippen molar-refractivity contribution < 1.29 is 4.74 Å². The summed E-state index contributed by atoms with van der Waals surface area (Å²) in [7, 11) is 1.61. The summed E-state index contributed by atoms with van der Waals surface area (Å²) in [6.45, 7) is 0. The van der Waals surface area contributed by atoms with Crippen molar-refractivity contribution in [2.75, 3.05) is 7.11 Å². The van der Waals surface area contributed by atoms with Gasteiger partial charge >= 0.3 is 0 Å². The van der Waals surface area contributed by atoms with Gasteiger partial charge < -0.3 is 4.74 Å². The van der Waals surface area contributed by atoms with E-state index < -0.39 is 0 Å². The van der Waals surface area contributed by atoms with Crippen LogP contribution in [0.3, 0.4) is 0 Å². The Bertz CT molecular complexity index is 582. The number of rotatable bonds is 3. The molecule has 0 bridgehead atoms. The highest BCUT2D eigenvalue weighted by atomic mass is 79.9. The van der Waals surface area contributed by atoms with Crippen LogP contribution >= 0.6 is 55.1 Å². The average Bonchev–Trinajstić information content (AvgIpc) is 2.36. The molecule has 0 spiro atoms. The Morgan fingerprint density at radius 3 is 2.21 bits per heavy atom. The lowest BCUT2D eigenvalue weighted by molar-refractivity contribution is 0.414. The third-order valence-electron chi connectivity index (χ3n) is 2.66. The largest absolute Gasteiger partial charge is 0.497 e. The van der Waals surface area contributed by atoms with Crippen LogP contribution in [0.2, 0.25) is 5.02 Å². The molecule has 100 valence electrons. The molecule has 1 atom stereocenters. The average molecular weight is 425 g/mol. The van der Waals surface area contributed by atoms with Crippen LogP contribution in [0.25, 0.3) is 0 Å². The quantitative estimate of drug-likeness (QED) is 0.533. The van der Waals surface area contributed by atoms with Gasteiger partial charge in [-0.05, 0) is 41.5 Å². The number of ether oxygens (including phenoxy) is 1. The molecular formula is C14H10Br2Cl2O. The maximum absolute atomic E-state index is 6.51. The van der Waals surface area contributed by atoms with Crippen LogP contribution in [0.4, 0.5) is 0 Å². The molecule has 2 aromatic rings. The number of hydrogen-bond acceptors (Lipinski definition) is 1. The van der Waals surface area contributed by atoms with Gasteiger partial charge in [0.15, 0.2) is 0 Å². The van der Waals surface area contributed by atoms with E-state index in [1.54, 1.807) is 13.2 Å². The second kappa shape index (κ2) is 6.49. The summed E-state index contributed by atoms with van der Waals surface area (Å²) < 4.78 is 7.06. The topological polar surface area (TPSA) is 9.23 Å². The Morgan fingerprint density at radius 2 is 1.68 bits per heavy atom. The number of hydrogen-bond donors (Lipinski definition) is 0. The smallest absolute Gasteiger partial charge is 0.120 e. The Kier molecular flexibility index (Phi) is 5.18. The molecule has 0 aliphatic carbocycles. The van der Waals surface area contributed by atoms with Crippen molar-refractivity contribution in [2.45, 2.75) is 5.38 Å². The molecule has 0 saturated heterocycles. The van der Waals surface area contributed by atoms with Crippen LogP contribution in [0, 0.1) is 0 Å². The Labute approximate surface area is 139 Å². The van der Waals surface area contributed by atoms with Crippen LogP contribution in [0.1, 0.15) is 16.5 Å². The summed E-state index contributed by atoms with van der Waals surface area (Å²) in [4.78, 5) is 0. The van der Waals surface area contributed by atoms with Gasteiger partial charge in [0.05, 0.1) is 12.5 Å². The molecule has 0 radical (unpaired) electrons. The van der Waals surface area contributed by atoms with Gasteiger partial charge in [-0.3, -0.25) is 0 Å². The van der Waals surface area contributed by atoms with Crippen LogP contribution in [0.15, 0.2) is 45.3 Å². The maximum Gasteiger partial charge on any atom is 0.120 e. The monoisotopic (exact) mass is 422 g/mol. The zero-order chi connectivity index (χ0) is 14.0. The van der Waals surface area contributed by atoms with Gasteiger partial charge in [-0.25, -0.2) is 0 Å². The highest BCUT2D eigenvalue weighted by Crippen LogP contribution is 2.37. The first-order valence-electron chi connectivity index (χ1n) is 5.44. The molecule has 0 saturated carbocycles. The molecule has 0 heterocycles.